The zero-order valence-corrected chi connectivity index (χ0v) is 14.1. The van der Waals surface area contributed by atoms with Crippen LogP contribution in [0.4, 0.5) is 0 Å². The molecule has 1 aromatic rings. The molecule has 1 aromatic carbocycles. The van der Waals surface area contributed by atoms with Gasteiger partial charge < -0.3 is 14.8 Å². The molecule has 0 saturated carbocycles. The van der Waals surface area contributed by atoms with Crippen LogP contribution in [0.1, 0.15) is 18.9 Å². The third-order valence-corrected chi connectivity index (χ3v) is 4.92. The van der Waals surface area contributed by atoms with Crippen LogP contribution in [0, 0.1) is 0 Å². The van der Waals surface area contributed by atoms with Gasteiger partial charge in [0.15, 0.2) is 6.10 Å². The van der Waals surface area contributed by atoms with Crippen LogP contribution in [-0.4, -0.2) is 47.2 Å². The molecule has 0 fully saturated rings. The van der Waals surface area contributed by atoms with Crippen LogP contribution in [0.3, 0.4) is 0 Å². The second-order valence-electron chi connectivity index (χ2n) is 5.19. The lowest BCUT2D eigenvalue weighted by atomic mass is 10.1. The quantitative estimate of drug-likeness (QED) is 0.526. The molecule has 0 aromatic heterocycles. The van der Waals surface area contributed by atoms with Gasteiger partial charge in [-0.1, -0.05) is 0 Å². The number of nitrogens with one attached hydrogen (secondary N) is 2. The lowest BCUT2D eigenvalue weighted by Gasteiger charge is -2.09. The van der Waals surface area contributed by atoms with E-state index in [1.54, 1.807) is 19.1 Å². The first-order valence-electron chi connectivity index (χ1n) is 7.58. The second-order valence-corrected chi connectivity index (χ2v) is 6.95. The summed E-state index contributed by atoms with van der Waals surface area (Å²) >= 11 is 0. The average Bonchev–Trinajstić information content (AvgIpc) is 2.95. The van der Waals surface area contributed by atoms with Crippen LogP contribution in [0.15, 0.2) is 23.1 Å². The molecule has 2 rings (SSSR count). The van der Waals surface area contributed by atoms with Crippen molar-refractivity contribution in [2.75, 3.05) is 26.7 Å². The van der Waals surface area contributed by atoms with Crippen molar-refractivity contribution in [2.24, 2.45) is 0 Å². The van der Waals surface area contributed by atoms with E-state index in [0.717, 1.165) is 6.54 Å². The maximum Gasteiger partial charge on any atom is 0.347 e. The minimum absolute atomic E-state index is 0.175. The van der Waals surface area contributed by atoms with Gasteiger partial charge in [-0.05, 0) is 50.7 Å². The number of ether oxygens (including phenoxy) is 2. The fraction of sp³-hybridized carbons (Fsp3) is 0.533. The summed E-state index contributed by atoms with van der Waals surface area (Å²) in [6, 6.07) is 4.61. The number of rotatable bonds is 8. The van der Waals surface area contributed by atoms with E-state index in [-0.39, 0.29) is 11.5 Å². The van der Waals surface area contributed by atoms with Crippen LogP contribution in [0.5, 0.6) is 5.75 Å². The number of sulfonamides is 1. The Labute approximate surface area is 136 Å². The molecule has 1 aliphatic heterocycles. The molecule has 1 unspecified atom stereocenters. The van der Waals surface area contributed by atoms with E-state index < -0.39 is 22.1 Å². The van der Waals surface area contributed by atoms with Gasteiger partial charge in [0.05, 0.1) is 11.5 Å². The lowest BCUT2D eigenvalue weighted by Crippen LogP contribution is -2.27. The van der Waals surface area contributed by atoms with E-state index in [2.05, 4.69) is 10.0 Å². The van der Waals surface area contributed by atoms with Crippen LogP contribution in [-0.2, 0) is 26.0 Å². The molecule has 0 radical (unpaired) electrons. The molecule has 0 bridgehead atoms. The third-order valence-electron chi connectivity index (χ3n) is 3.46. The van der Waals surface area contributed by atoms with Gasteiger partial charge in [0.25, 0.3) is 0 Å². The van der Waals surface area contributed by atoms with Crippen LogP contribution < -0.4 is 14.8 Å². The molecule has 2 N–H and O–H groups in total. The molecule has 0 saturated heterocycles. The summed E-state index contributed by atoms with van der Waals surface area (Å²) in [5.74, 6) is 0.0930. The summed E-state index contributed by atoms with van der Waals surface area (Å²) < 4.78 is 37.5. The topological polar surface area (TPSA) is 93.7 Å². The van der Waals surface area contributed by atoms with Crippen molar-refractivity contribution >= 4 is 16.0 Å². The molecule has 1 aliphatic rings. The van der Waals surface area contributed by atoms with E-state index in [1.807, 2.05) is 7.05 Å². The maximum absolute atomic E-state index is 12.2. The lowest BCUT2D eigenvalue weighted by molar-refractivity contribution is -0.150. The second kappa shape index (κ2) is 7.76. The molecule has 0 spiro atoms. The van der Waals surface area contributed by atoms with Crippen molar-refractivity contribution in [3.05, 3.63) is 23.8 Å². The van der Waals surface area contributed by atoms with Crippen molar-refractivity contribution in [2.45, 2.75) is 30.8 Å². The van der Waals surface area contributed by atoms with Crippen molar-refractivity contribution in [3.63, 3.8) is 0 Å². The molecule has 0 aliphatic carbocycles. The Morgan fingerprint density at radius 1 is 1.39 bits per heavy atom. The molecule has 128 valence electrons. The third kappa shape index (κ3) is 4.43. The highest BCUT2D eigenvalue weighted by molar-refractivity contribution is 7.89. The van der Waals surface area contributed by atoms with Crippen molar-refractivity contribution in [3.8, 4) is 5.75 Å². The predicted molar refractivity (Wildman–Crippen MR) is 84.9 cm³/mol. The van der Waals surface area contributed by atoms with Crippen LogP contribution >= 0.6 is 0 Å². The molecule has 0 amide bonds. The molecular weight excluding hydrogens is 320 g/mol. The summed E-state index contributed by atoms with van der Waals surface area (Å²) in [4.78, 5) is 11.9. The minimum atomic E-state index is -3.56. The molecular formula is C15H22N2O5S. The van der Waals surface area contributed by atoms with Crippen LogP contribution in [0.2, 0.25) is 0 Å². The number of carbonyl (C=O) groups excluding carboxylic acids is 1. The zero-order valence-electron chi connectivity index (χ0n) is 13.3. The Kier molecular flexibility index (Phi) is 5.97. The summed E-state index contributed by atoms with van der Waals surface area (Å²) in [6.07, 6.45) is 0.318. The average molecular weight is 342 g/mol. The van der Waals surface area contributed by atoms with E-state index in [9.17, 15) is 13.2 Å². The summed E-state index contributed by atoms with van der Waals surface area (Å²) in [5.41, 5.74) is 0.696. The summed E-state index contributed by atoms with van der Waals surface area (Å²) in [5, 5.41) is 2.96. The fourth-order valence-corrected chi connectivity index (χ4v) is 3.44. The predicted octanol–water partition coefficient (Wildman–Crippen LogP) is 0.441. The SMILES string of the molecule is CCOC(=O)C1Cc2cc(S(=O)(=O)NCCCNC)ccc2O1. The van der Waals surface area contributed by atoms with E-state index in [0.29, 0.717) is 30.7 Å². The van der Waals surface area contributed by atoms with Gasteiger partial charge in [0.1, 0.15) is 5.75 Å². The van der Waals surface area contributed by atoms with Gasteiger partial charge in [-0.15, -0.1) is 0 Å². The molecule has 23 heavy (non-hydrogen) atoms. The zero-order chi connectivity index (χ0) is 16.9. The van der Waals surface area contributed by atoms with Gasteiger partial charge in [-0.3, -0.25) is 0 Å². The minimum Gasteiger partial charge on any atom is -0.478 e. The largest absolute Gasteiger partial charge is 0.478 e. The molecule has 8 heteroatoms. The van der Waals surface area contributed by atoms with Gasteiger partial charge in [0, 0.05) is 13.0 Å². The number of hydrogen-bond acceptors (Lipinski definition) is 6. The van der Waals surface area contributed by atoms with E-state index >= 15 is 0 Å². The first-order chi connectivity index (χ1) is 11.0. The smallest absolute Gasteiger partial charge is 0.347 e. The normalized spacial score (nSPS) is 16.7. The van der Waals surface area contributed by atoms with Crippen LogP contribution in [0.25, 0.3) is 0 Å². The van der Waals surface area contributed by atoms with Crippen molar-refractivity contribution in [1.29, 1.82) is 0 Å². The number of fused-ring (bicyclic) bond motifs is 1. The first-order valence-corrected chi connectivity index (χ1v) is 9.06. The maximum atomic E-state index is 12.2. The molecule has 1 atom stereocenters. The first kappa shape index (κ1) is 17.7. The monoisotopic (exact) mass is 342 g/mol. The van der Waals surface area contributed by atoms with Gasteiger partial charge in [-0.2, -0.15) is 0 Å². The fourth-order valence-electron chi connectivity index (χ4n) is 2.31. The highest BCUT2D eigenvalue weighted by Gasteiger charge is 2.31. The molecule has 7 nitrogen and oxygen atoms in total. The number of hydrogen-bond donors (Lipinski definition) is 2. The summed E-state index contributed by atoms with van der Waals surface area (Å²) in [7, 11) is -1.75. The highest BCUT2D eigenvalue weighted by atomic mass is 32.2. The number of benzene rings is 1. The van der Waals surface area contributed by atoms with Crippen molar-refractivity contribution in [1.82, 2.24) is 10.0 Å². The Morgan fingerprint density at radius 3 is 2.87 bits per heavy atom. The summed E-state index contributed by atoms with van der Waals surface area (Å²) in [6.45, 7) is 3.11. The van der Waals surface area contributed by atoms with E-state index in [4.69, 9.17) is 9.47 Å². The van der Waals surface area contributed by atoms with Gasteiger partial charge in [-0.25, -0.2) is 17.9 Å². The number of carbonyl (C=O) groups is 1. The Morgan fingerprint density at radius 2 is 2.17 bits per heavy atom. The van der Waals surface area contributed by atoms with Crippen molar-refractivity contribution < 1.29 is 22.7 Å². The van der Waals surface area contributed by atoms with Gasteiger partial charge >= 0.3 is 5.97 Å². The molecule has 1 heterocycles. The standard InChI is InChI=1S/C15H22N2O5S/c1-3-21-15(18)14-10-11-9-12(5-6-13(11)22-14)23(19,20)17-8-4-7-16-2/h5-6,9,14,16-17H,3-4,7-8,10H2,1-2H3. The Balaban J connectivity index is 2.05. The Hall–Kier alpha value is -1.64. The van der Waals surface area contributed by atoms with Gasteiger partial charge in [0.2, 0.25) is 10.0 Å². The van der Waals surface area contributed by atoms with E-state index in [1.165, 1.54) is 6.07 Å². The Bertz CT molecular complexity index is 660. The number of esters is 1. The highest BCUT2D eigenvalue weighted by Crippen LogP contribution is 2.31.